The largest absolute Gasteiger partial charge is 0.314 e. The first-order chi connectivity index (χ1) is 10.2. The van der Waals surface area contributed by atoms with E-state index in [0.29, 0.717) is 11.1 Å². The summed E-state index contributed by atoms with van der Waals surface area (Å²) >= 11 is 6.26. The van der Waals surface area contributed by atoms with E-state index in [1.807, 2.05) is 0 Å². The molecule has 2 bridgehead atoms. The average Bonchev–Trinajstić information content (AvgIpc) is 2.89. The standard InChI is InChI=1S/C18H23ClFN/c1-2-21-15(9-12-8-13(20)5-6-14(12)19)18-16-10-3-4-11(7-10)17(16)18/h5-6,8,10-11,15-18,21H,2-4,7,9H2,1H3. The van der Waals surface area contributed by atoms with E-state index in [0.717, 1.165) is 48.1 Å². The monoisotopic (exact) mass is 307 g/mol. The first-order valence-corrected chi connectivity index (χ1v) is 8.74. The van der Waals surface area contributed by atoms with Gasteiger partial charge < -0.3 is 5.32 Å². The first kappa shape index (κ1) is 14.0. The molecule has 114 valence electrons. The van der Waals surface area contributed by atoms with Gasteiger partial charge in [0.25, 0.3) is 0 Å². The number of hydrogen-bond donors (Lipinski definition) is 1. The molecule has 0 radical (unpaired) electrons. The lowest BCUT2D eigenvalue weighted by molar-refractivity contribution is 0.365. The lowest BCUT2D eigenvalue weighted by Gasteiger charge is -2.22. The molecule has 1 aromatic carbocycles. The fourth-order valence-electron chi connectivity index (χ4n) is 5.47. The van der Waals surface area contributed by atoms with Crippen LogP contribution in [0.3, 0.4) is 0 Å². The van der Waals surface area contributed by atoms with E-state index in [4.69, 9.17) is 11.6 Å². The molecule has 4 rings (SSSR count). The maximum atomic E-state index is 13.5. The molecular formula is C18H23ClFN. The number of nitrogens with one attached hydrogen (secondary N) is 1. The van der Waals surface area contributed by atoms with Crippen LogP contribution in [0, 0.1) is 35.4 Å². The minimum atomic E-state index is -0.180. The van der Waals surface area contributed by atoms with Gasteiger partial charge in [0.2, 0.25) is 0 Å². The highest BCUT2D eigenvalue weighted by atomic mass is 35.5. The van der Waals surface area contributed by atoms with Gasteiger partial charge in [0.15, 0.2) is 0 Å². The number of fused-ring (bicyclic) bond motifs is 5. The summed E-state index contributed by atoms with van der Waals surface area (Å²) < 4.78 is 13.5. The highest BCUT2D eigenvalue weighted by molar-refractivity contribution is 6.31. The normalized spacial score (nSPS) is 37.6. The maximum Gasteiger partial charge on any atom is 0.123 e. The topological polar surface area (TPSA) is 12.0 Å². The van der Waals surface area contributed by atoms with Crippen LogP contribution >= 0.6 is 11.6 Å². The third-order valence-electron chi connectivity index (χ3n) is 6.17. The summed E-state index contributed by atoms with van der Waals surface area (Å²) in [5.41, 5.74) is 0.958. The fraction of sp³-hybridized carbons (Fsp3) is 0.667. The Hall–Kier alpha value is -0.600. The summed E-state index contributed by atoms with van der Waals surface area (Å²) in [6.07, 6.45) is 5.23. The van der Waals surface area contributed by atoms with Gasteiger partial charge in [-0.15, -0.1) is 0 Å². The molecule has 0 saturated heterocycles. The predicted octanol–water partition coefficient (Wildman–Crippen LogP) is 4.29. The molecule has 3 saturated carbocycles. The molecular weight excluding hydrogens is 285 g/mol. The van der Waals surface area contributed by atoms with Crippen molar-refractivity contribution in [2.24, 2.45) is 29.6 Å². The van der Waals surface area contributed by atoms with Gasteiger partial charge in [-0.2, -0.15) is 0 Å². The molecule has 21 heavy (non-hydrogen) atoms. The van der Waals surface area contributed by atoms with Gasteiger partial charge in [-0.1, -0.05) is 18.5 Å². The summed E-state index contributed by atoms with van der Waals surface area (Å²) in [5.74, 6) is 4.47. The maximum absolute atomic E-state index is 13.5. The zero-order chi connectivity index (χ0) is 14.6. The Bertz CT molecular complexity index is 530. The van der Waals surface area contributed by atoms with Crippen molar-refractivity contribution in [2.45, 2.75) is 38.6 Å². The zero-order valence-electron chi connectivity index (χ0n) is 12.5. The van der Waals surface area contributed by atoms with Crippen molar-refractivity contribution in [3.63, 3.8) is 0 Å². The Morgan fingerprint density at radius 3 is 2.67 bits per heavy atom. The Balaban J connectivity index is 1.52. The third kappa shape index (κ3) is 2.31. The van der Waals surface area contributed by atoms with Gasteiger partial charge in [-0.05, 0) is 85.6 Å². The Labute approximate surface area is 131 Å². The van der Waals surface area contributed by atoms with E-state index >= 15 is 0 Å². The molecule has 1 nitrogen and oxygen atoms in total. The number of halogens is 2. The molecule has 0 spiro atoms. The Kier molecular flexibility index (Phi) is 3.50. The van der Waals surface area contributed by atoms with Crippen LogP contribution < -0.4 is 5.32 Å². The molecule has 5 atom stereocenters. The van der Waals surface area contributed by atoms with E-state index < -0.39 is 0 Å². The number of benzene rings is 1. The highest BCUT2D eigenvalue weighted by Gasteiger charge is 2.66. The SMILES string of the molecule is CCNC(Cc1cc(F)ccc1Cl)C1C2C3CCC(C3)C21. The van der Waals surface area contributed by atoms with Crippen molar-refractivity contribution >= 4 is 11.6 Å². The van der Waals surface area contributed by atoms with E-state index in [1.165, 1.54) is 25.3 Å². The van der Waals surface area contributed by atoms with Gasteiger partial charge in [0.1, 0.15) is 5.82 Å². The molecule has 1 aromatic rings. The summed E-state index contributed by atoms with van der Waals surface area (Å²) in [4.78, 5) is 0. The lowest BCUT2D eigenvalue weighted by Crippen LogP contribution is -2.35. The Morgan fingerprint density at radius 2 is 2.00 bits per heavy atom. The molecule has 5 unspecified atom stereocenters. The molecule has 0 amide bonds. The zero-order valence-corrected chi connectivity index (χ0v) is 13.2. The fourth-order valence-corrected chi connectivity index (χ4v) is 5.67. The minimum Gasteiger partial charge on any atom is -0.314 e. The summed E-state index contributed by atoms with van der Waals surface area (Å²) in [7, 11) is 0. The van der Waals surface area contributed by atoms with Crippen molar-refractivity contribution in [3.05, 3.63) is 34.6 Å². The average molecular weight is 308 g/mol. The summed E-state index contributed by atoms with van der Waals surface area (Å²) in [5, 5.41) is 4.36. The van der Waals surface area contributed by atoms with Crippen LogP contribution in [0.4, 0.5) is 4.39 Å². The molecule has 1 N–H and O–H groups in total. The molecule has 0 aliphatic heterocycles. The van der Waals surface area contributed by atoms with Crippen molar-refractivity contribution in [3.8, 4) is 0 Å². The molecule has 3 aliphatic carbocycles. The van der Waals surface area contributed by atoms with Gasteiger partial charge in [-0.25, -0.2) is 4.39 Å². The van der Waals surface area contributed by atoms with Gasteiger partial charge in [0.05, 0.1) is 0 Å². The minimum absolute atomic E-state index is 0.180. The van der Waals surface area contributed by atoms with Crippen LogP contribution in [0.5, 0.6) is 0 Å². The second-order valence-electron chi connectivity index (χ2n) is 7.17. The van der Waals surface area contributed by atoms with Crippen LogP contribution in [0.2, 0.25) is 5.02 Å². The van der Waals surface area contributed by atoms with Crippen molar-refractivity contribution in [1.82, 2.24) is 5.32 Å². The molecule has 3 fully saturated rings. The van der Waals surface area contributed by atoms with Gasteiger partial charge in [-0.3, -0.25) is 0 Å². The van der Waals surface area contributed by atoms with Crippen LogP contribution in [0.15, 0.2) is 18.2 Å². The van der Waals surface area contributed by atoms with Gasteiger partial charge in [0, 0.05) is 11.1 Å². The number of rotatable bonds is 5. The molecule has 3 heteroatoms. The number of likely N-dealkylation sites (N-methyl/N-ethyl adjacent to an activating group) is 1. The predicted molar refractivity (Wildman–Crippen MR) is 83.9 cm³/mol. The van der Waals surface area contributed by atoms with Gasteiger partial charge >= 0.3 is 0 Å². The first-order valence-electron chi connectivity index (χ1n) is 8.36. The second-order valence-corrected chi connectivity index (χ2v) is 7.58. The second kappa shape index (κ2) is 5.24. The molecule has 0 heterocycles. The lowest BCUT2D eigenvalue weighted by atomic mass is 9.93. The number of hydrogen-bond acceptors (Lipinski definition) is 1. The van der Waals surface area contributed by atoms with Crippen LogP contribution in [-0.2, 0) is 6.42 Å². The van der Waals surface area contributed by atoms with Crippen molar-refractivity contribution < 1.29 is 4.39 Å². The van der Waals surface area contributed by atoms with Crippen molar-refractivity contribution in [2.75, 3.05) is 6.54 Å². The summed E-state index contributed by atoms with van der Waals surface area (Å²) in [6, 6.07) is 5.21. The van der Waals surface area contributed by atoms with Crippen LogP contribution in [0.25, 0.3) is 0 Å². The quantitative estimate of drug-likeness (QED) is 0.855. The van der Waals surface area contributed by atoms with E-state index in [2.05, 4.69) is 12.2 Å². The Morgan fingerprint density at radius 1 is 1.29 bits per heavy atom. The smallest absolute Gasteiger partial charge is 0.123 e. The molecule has 0 aromatic heterocycles. The van der Waals surface area contributed by atoms with Crippen LogP contribution in [0.1, 0.15) is 31.7 Å². The van der Waals surface area contributed by atoms with E-state index in [1.54, 1.807) is 12.1 Å². The summed E-state index contributed by atoms with van der Waals surface area (Å²) in [6.45, 7) is 3.13. The van der Waals surface area contributed by atoms with E-state index in [-0.39, 0.29) is 5.82 Å². The van der Waals surface area contributed by atoms with Crippen molar-refractivity contribution in [1.29, 1.82) is 0 Å². The highest BCUT2D eigenvalue weighted by Crippen LogP contribution is 2.70. The molecule has 3 aliphatic rings. The third-order valence-corrected chi connectivity index (χ3v) is 6.54. The van der Waals surface area contributed by atoms with Crippen LogP contribution in [-0.4, -0.2) is 12.6 Å². The van der Waals surface area contributed by atoms with E-state index in [9.17, 15) is 4.39 Å².